The molecule has 2 aromatic rings. The summed E-state index contributed by atoms with van der Waals surface area (Å²) in [5.41, 5.74) is 5.59. The average Bonchev–Trinajstić information content (AvgIpc) is 2.73. The molecule has 3 atom stereocenters. The molecule has 0 saturated heterocycles. The molecule has 164 valence electrons. The zero-order chi connectivity index (χ0) is 21.9. The van der Waals surface area contributed by atoms with E-state index in [9.17, 15) is 5.11 Å². The van der Waals surface area contributed by atoms with Gasteiger partial charge in [0.05, 0.1) is 0 Å². The number of fused-ring (bicyclic) bond motifs is 1. The van der Waals surface area contributed by atoms with Crippen molar-refractivity contribution in [3.05, 3.63) is 58.1 Å². The Labute approximate surface area is 182 Å². The molecule has 0 amide bonds. The zero-order valence-corrected chi connectivity index (χ0v) is 19.5. The van der Waals surface area contributed by atoms with Gasteiger partial charge in [0.2, 0.25) is 0 Å². The summed E-state index contributed by atoms with van der Waals surface area (Å²) in [6, 6.07) is 10.3. The number of rotatable bonds is 8. The third kappa shape index (κ3) is 4.37. The van der Waals surface area contributed by atoms with Crippen molar-refractivity contribution < 1.29 is 14.6 Å². The molecule has 0 aromatic heterocycles. The van der Waals surface area contributed by atoms with Crippen molar-refractivity contribution in [3.8, 4) is 11.5 Å². The molecular weight excluding hydrogens is 372 g/mol. The summed E-state index contributed by atoms with van der Waals surface area (Å²) in [6.07, 6.45) is 4.11. The van der Waals surface area contributed by atoms with Gasteiger partial charge in [-0.25, -0.2) is 0 Å². The molecule has 0 fully saturated rings. The first kappa shape index (κ1) is 22.7. The Morgan fingerprint density at radius 1 is 1.10 bits per heavy atom. The molecule has 1 aliphatic heterocycles. The van der Waals surface area contributed by atoms with Gasteiger partial charge in [0.1, 0.15) is 23.7 Å². The number of ether oxygens (including phenoxy) is 2. The topological polar surface area (TPSA) is 38.7 Å². The minimum atomic E-state index is -0.341. The predicted molar refractivity (Wildman–Crippen MR) is 123 cm³/mol. The van der Waals surface area contributed by atoms with Crippen molar-refractivity contribution in [1.82, 2.24) is 0 Å². The van der Waals surface area contributed by atoms with Crippen molar-refractivity contribution >= 4 is 0 Å². The fourth-order valence-corrected chi connectivity index (χ4v) is 5.09. The Morgan fingerprint density at radius 2 is 1.80 bits per heavy atom. The van der Waals surface area contributed by atoms with Gasteiger partial charge < -0.3 is 14.6 Å². The van der Waals surface area contributed by atoms with Gasteiger partial charge in [-0.3, -0.25) is 0 Å². The van der Waals surface area contributed by atoms with Crippen LogP contribution in [0.1, 0.15) is 67.9 Å². The molecule has 3 nitrogen and oxygen atoms in total. The van der Waals surface area contributed by atoms with Gasteiger partial charge in [-0.05, 0) is 68.7 Å². The number of hydrogen-bond donors (Lipinski definition) is 1. The Kier molecular flexibility index (Phi) is 7.13. The van der Waals surface area contributed by atoms with Crippen LogP contribution in [0.15, 0.2) is 30.3 Å². The van der Waals surface area contributed by atoms with E-state index in [4.69, 9.17) is 9.47 Å². The van der Waals surface area contributed by atoms with Crippen molar-refractivity contribution in [2.45, 2.75) is 79.4 Å². The maximum atomic E-state index is 10.2. The Balaban J connectivity index is 1.90. The van der Waals surface area contributed by atoms with E-state index in [0.717, 1.165) is 48.3 Å². The lowest BCUT2D eigenvalue weighted by molar-refractivity contribution is -0.0426. The quantitative estimate of drug-likeness (QED) is 0.553. The van der Waals surface area contributed by atoms with Crippen LogP contribution in [0.3, 0.4) is 0 Å². The molecule has 0 bridgehead atoms. The maximum Gasteiger partial charge on any atom is 0.127 e. The number of benzene rings is 2. The van der Waals surface area contributed by atoms with E-state index in [1.54, 1.807) is 0 Å². The summed E-state index contributed by atoms with van der Waals surface area (Å²) in [4.78, 5) is 0. The normalized spacial score (nSPS) is 20.2. The van der Waals surface area contributed by atoms with E-state index in [2.05, 4.69) is 53.7 Å². The van der Waals surface area contributed by atoms with Crippen molar-refractivity contribution in [2.24, 2.45) is 11.8 Å². The smallest absolute Gasteiger partial charge is 0.127 e. The number of aliphatic hydroxyl groups excluding tert-OH is 1. The molecule has 1 unspecified atom stereocenters. The van der Waals surface area contributed by atoms with E-state index >= 15 is 0 Å². The monoisotopic (exact) mass is 410 g/mol. The fraction of sp³-hybridized carbons (Fsp3) is 0.556. The van der Waals surface area contributed by atoms with Crippen molar-refractivity contribution in [2.75, 3.05) is 6.61 Å². The first-order chi connectivity index (χ1) is 14.3. The molecule has 3 rings (SSSR count). The average molecular weight is 411 g/mol. The van der Waals surface area contributed by atoms with Gasteiger partial charge in [0, 0.05) is 18.1 Å². The van der Waals surface area contributed by atoms with Gasteiger partial charge in [-0.15, -0.1) is 0 Å². The predicted octanol–water partition coefficient (Wildman–Crippen LogP) is 6.32. The Bertz CT molecular complexity index is 858. The molecule has 0 spiro atoms. The van der Waals surface area contributed by atoms with Gasteiger partial charge >= 0.3 is 0 Å². The molecule has 30 heavy (non-hydrogen) atoms. The van der Waals surface area contributed by atoms with Gasteiger partial charge in [0.25, 0.3) is 0 Å². The van der Waals surface area contributed by atoms with E-state index in [1.165, 1.54) is 16.7 Å². The zero-order valence-electron chi connectivity index (χ0n) is 19.5. The molecule has 3 heteroatoms. The summed E-state index contributed by atoms with van der Waals surface area (Å²) in [5, 5.41) is 10.2. The van der Waals surface area contributed by atoms with Crippen LogP contribution in [0, 0.1) is 32.6 Å². The lowest BCUT2D eigenvalue weighted by Crippen LogP contribution is -2.48. The van der Waals surface area contributed by atoms with E-state index in [-0.39, 0.29) is 18.1 Å². The fourth-order valence-electron chi connectivity index (χ4n) is 5.09. The lowest BCUT2D eigenvalue weighted by Gasteiger charge is -2.44. The highest BCUT2D eigenvalue weighted by Crippen LogP contribution is 2.47. The molecule has 0 aliphatic carbocycles. The first-order valence-electron chi connectivity index (χ1n) is 11.4. The molecule has 1 aliphatic rings. The second-order valence-electron chi connectivity index (χ2n) is 9.26. The maximum absolute atomic E-state index is 10.2. The SMILES string of the molecule is CCC[C@H](C)[C@H](CO)C1(C)CCc2c(C)c(OCc3ccccc3)c(C)c(C)c2O1. The van der Waals surface area contributed by atoms with E-state index in [1.807, 2.05) is 18.2 Å². The first-order valence-corrected chi connectivity index (χ1v) is 11.4. The molecule has 0 radical (unpaired) electrons. The largest absolute Gasteiger partial charge is 0.488 e. The molecule has 2 aromatic carbocycles. The summed E-state index contributed by atoms with van der Waals surface area (Å²) < 4.78 is 13.0. The number of aliphatic hydroxyl groups is 1. The van der Waals surface area contributed by atoms with Crippen molar-refractivity contribution in [3.63, 3.8) is 0 Å². The van der Waals surface area contributed by atoms with Crippen LogP contribution >= 0.6 is 0 Å². The van der Waals surface area contributed by atoms with Crippen LogP contribution < -0.4 is 9.47 Å². The molecular formula is C27H38O3. The summed E-state index contributed by atoms with van der Waals surface area (Å²) >= 11 is 0. The molecule has 0 saturated carbocycles. The summed E-state index contributed by atoms with van der Waals surface area (Å²) in [6.45, 7) is 13.8. The molecule has 1 N–H and O–H groups in total. The Morgan fingerprint density at radius 3 is 2.43 bits per heavy atom. The molecule has 1 heterocycles. The lowest BCUT2D eigenvalue weighted by atomic mass is 9.74. The third-order valence-corrected chi connectivity index (χ3v) is 7.16. The van der Waals surface area contributed by atoms with Gasteiger partial charge in [-0.2, -0.15) is 0 Å². The van der Waals surface area contributed by atoms with Crippen LogP contribution in [0.25, 0.3) is 0 Å². The van der Waals surface area contributed by atoms with E-state index < -0.39 is 0 Å². The standard InChI is InChI=1S/C27H38O3/c1-7-11-18(2)24(16-28)27(6)15-14-23-21(5)25(19(3)20(4)26(23)30-27)29-17-22-12-9-8-10-13-22/h8-10,12-13,18,24,28H,7,11,14-17H2,1-6H3/t18-,24-,27?/m0/s1. The van der Waals surface area contributed by atoms with Gasteiger partial charge in [-0.1, -0.05) is 57.0 Å². The van der Waals surface area contributed by atoms with Crippen LogP contribution in [0.4, 0.5) is 0 Å². The highest BCUT2D eigenvalue weighted by molar-refractivity contribution is 5.59. The minimum Gasteiger partial charge on any atom is -0.488 e. The third-order valence-electron chi connectivity index (χ3n) is 7.16. The van der Waals surface area contributed by atoms with Gasteiger partial charge in [0.15, 0.2) is 0 Å². The minimum absolute atomic E-state index is 0.139. The summed E-state index contributed by atoms with van der Waals surface area (Å²) in [5.74, 6) is 2.57. The van der Waals surface area contributed by atoms with Crippen LogP contribution in [0.5, 0.6) is 11.5 Å². The highest BCUT2D eigenvalue weighted by atomic mass is 16.5. The highest BCUT2D eigenvalue weighted by Gasteiger charge is 2.42. The second-order valence-corrected chi connectivity index (χ2v) is 9.26. The van der Waals surface area contributed by atoms with Crippen LogP contribution in [0.2, 0.25) is 0 Å². The van der Waals surface area contributed by atoms with Crippen LogP contribution in [-0.4, -0.2) is 17.3 Å². The van der Waals surface area contributed by atoms with E-state index in [0.29, 0.717) is 12.5 Å². The number of hydrogen-bond acceptors (Lipinski definition) is 3. The Hall–Kier alpha value is -2.00. The summed E-state index contributed by atoms with van der Waals surface area (Å²) in [7, 11) is 0. The van der Waals surface area contributed by atoms with Crippen LogP contribution in [-0.2, 0) is 13.0 Å². The van der Waals surface area contributed by atoms with Crippen molar-refractivity contribution in [1.29, 1.82) is 0 Å². The second kappa shape index (κ2) is 9.43.